The van der Waals surface area contributed by atoms with Gasteiger partial charge in [0.25, 0.3) is 5.91 Å². The average molecular weight is 397 g/mol. The van der Waals surface area contributed by atoms with Gasteiger partial charge in [0, 0.05) is 23.3 Å². The van der Waals surface area contributed by atoms with Crippen molar-refractivity contribution in [1.82, 2.24) is 9.97 Å². The first-order valence-corrected chi connectivity index (χ1v) is 9.50. The van der Waals surface area contributed by atoms with Gasteiger partial charge in [0.2, 0.25) is 0 Å². The highest BCUT2D eigenvalue weighted by Crippen LogP contribution is 2.27. The van der Waals surface area contributed by atoms with Gasteiger partial charge in [0.05, 0.1) is 18.4 Å². The van der Waals surface area contributed by atoms with Crippen molar-refractivity contribution in [2.24, 2.45) is 0 Å². The van der Waals surface area contributed by atoms with Gasteiger partial charge in [-0.2, -0.15) is 0 Å². The fourth-order valence-corrected chi connectivity index (χ4v) is 3.16. The van der Waals surface area contributed by atoms with E-state index >= 15 is 0 Å². The average Bonchev–Trinajstić information content (AvgIpc) is 3.20. The first kappa shape index (κ1) is 19.5. The number of anilines is 1. The highest BCUT2D eigenvalue weighted by molar-refractivity contribution is 7.14. The monoisotopic (exact) mass is 397 g/mol. The molecule has 0 saturated heterocycles. The van der Waals surface area contributed by atoms with Crippen molar-refractivity contribution in [3.8, 4) is 17.0 Å². The standard InChI is InChI=1S/C20H19N3O4S/c1-3-17(27-19(25)14-7-5-9-21-11-14)18(24)23-20-22-16(12-28-20)13-6-4-8-15(10-13)26-2/h4-12,17H,3H2,1-2H3,(H,22,23,24). The van der Waals surface area contributed by atoms with Crippen molar-refractivity contribution in [3.63, 3.8) is 0 Å². The zero-order valence-corrected chi connectivity index (χ0v) is 16.2. The number of methoxy groups -OCH3 is 1. The van der Waals surface area contributed by atoms with Crippen molar-refractivity contribution >= 4 is 28.3 Å². The second-order valence-electron chi connectivity index (χ2n) is 5.80. The van der Waals surface area contributed by atoms with Crippen LogP contribution in [0.3, 0.4) is 0 Å². The summed E-state index contributed by atoms with van der Waals surface area (Å²) < 4.78 is 10.5. The van der Waals surface area contributed by atoms with Gasteiger partial charge in [-0.15, -0.1) is 11.3 Å². The topological polar surface area (TPSA) is 90.4 Å². The van der Waals surface area contributed by atoms with Crippen LogP contribution in [-0.2, 0) is 9.53 Å². The number of ether oxygens (including phenoxy) is 2. The van der Waals surface area contributed by atoms with Gasteiger partial charge in [-0.05, 0) is 30.7 Å². The molecule has 0 radical (unpaired) electrons. The number of carbonyl (C=O) groups is 2. The van der Waals surface area contributed by atoms with Gasteiger partial charge in [-0.25, -0.2) is 9.78 Å². The Bertz CT molecular complexity index is 959. The number of benzene rings is 1. The third kappa shape index (κ3) is 4.72. The number of pyridine rings is 1. The minimum absolute atomic E-state index is 0.295. The van der Waals surface area contributed by atoms with E-state index in [4.69, 9.17) is 9.47 Å². The summed E-state index contributed by atoms with van der Waals surface area (Å²) in [6.45, 7) is 1.77. The summed E-state index contributed by atoms with van der Waals surface area (Å²) in [5.41, 5.74) is 1.90. The summed E-state index contributed by atoms with van der Waals surface area (Å²) in [5.74, 6) is -0.290. The van der Waals surface area contributed by atoms with Gasteiger partial charge in [-0.3, -0.25) is 15.1 Å². The van der Waals surface area contributed by atoms with E-state index < -0.39 is 18.0 Å². The summed E-state index contributed by atoms with van der Waals surface area (Å²) in [7, 11) is 1.60. The maximum Gasteiger partial charge on any atom is 0.340 e. The number of carbonyl (C=O) groups excluding carboxylic acids is 2. The van der Waals surface area contributed by atoms with Crippen LogP contribution < -0.4 is 10.1 Å². The number of hydrogen-bond donors (Lipinski definition) is 1. The highest BCUT2D eigenvalue weighted by Gasteiger charge is 2.23. The molecule has 8 heteroatoms. The van der Waals surface area contributed by atoms with Crippen molar-refractivity contribution in [2.45, 2.75) is 19.4 Å². The van der Waals surface area contributed by atoms with Crippen molar-refractivity contribution in [2.75, 3.05) is 12.4 Å². The number of esters is 1. The molecule has 0 aliphatic carbocycles. The Morgan fingerprint density at radius 2 is 2.11 bits per heavy atom. The third-order valence-corrected chi connectivity index (χ3v) is 4.67. The molecule has 1 aromatic carbocycles. The number of amides is 1. The smallest absolute Gasteiger partial charge is 0.340 e. The van der Waals surface area contributed by atoms with E-state index in [0.717, 1.165) is 17.0 Å². The Balaban J connectivity index is 1.66. The molecule has 0 bridgehead atoms. The molecule has 1 atom stereocenters. The molecule has 0 saturated carbocycles. The first-order chi connectivity index (χ1) is 13.6. The van der Waals surface area contributed by atoms with E-state index in [0.29, 0.717) is 17.1 Å². The summed E-state index contributed by atoms with van der Waals surface area (Å²) in [5, 5.41) is 4.98. The molecule has 0 spiro atoms. The fourth-order valence-electron chi connectivity index (χ4n) is 2.44. The number of aromatic nitrogens is 2. The number of hydrogen-bond acceptors (Lipinski definition) is 7. The zero-order chi connectivity index (χ0) is 19.9. The van der Waals surface area contributed by atoms with Crippen LogP contribution in [0.15, 0.2) is 54.2 Å². The molecule has 28 heavy (non-hydrogen) atoms. The van der Waals surface area contributed by atoms with E-state index in [-0.39, 0.29) is 0 Å². The van der Waals surface area contributed by atoms with Gasteiger partial charge < -0.3 is 9.47 Å². The van der Waals surface area contributed by atoms with Crippen LogP contribution >= 0.6 is 11.3 Å². The fraction of sp³-hybridized carbons (Fsp3) is 0.200. The normalized spacial score (nSPS) is 11.5. The molecule has 3 rings (SSSR count). The lowest BCUT2D eigenvalue weighted by Crippen LogP contribution is -2.32. The molecule has 144 valence electrons. The second kappa shape index (κ2) is 9.09. The van der Waals surface area contributed by atoms with Gasteiger partial charge in [-0.1, -0.05) is 19.1 Å². The Labute approximate surface area is 166 Å². The molecule has 0 aliphatic rings. The Morgan fingerprint density at radius 3 is 2.82 bits per heavy atom. The van der Waals surface area contributed by atoms with E-state index in [1.165, 1.54) is 17.5 Å². The molecule has 3 aromatic rings. The summed E-state index contributed by atoms with van der Waals surface area (Å²) in [4.78, 5) is 33.0. The van der Waals surface area contributed by atoms with Crippen LogP contribution in [0, 0.1) is 0 Å². The Hall–Kier alpha value is -3.26. The third-order valence-electron chi connectivity index (χ3n) is 3.91. The molecule has 2 aromatic heterocycles. The highest BCUT2D eigenvalue weighted by atomic mass is 32.1. The predicted octanol–water partition coefficient (Wildman–Crippen LogP) is 3.79. The zero-order valence-electron chi connectivity index (χ0n) is 15.4. The quantitative estimate of drug-likeness (QED) is 0.610. The van der Waals surface area contributed by atoms with Crippen LogP contribution in [0.1, 0.15) is 23.7 Å². The largest absolute Gasteiger partial charge is 0.497 e. The summed E-state index contributed by atoms with van der Waals surface area (Å²) in [6.07, 6.45) is 2.38. The number of nitrogens with zero attached hydrogens (tertiary/aromatic N) is 2. The lowest BCUT2D eigenvalue weighted by atomic mass is 10.2. The number of rotatable bonds is 7. The van der Waals surface area contributed by atoms with Crippen LogP contribution in [0.25, 0.3) is 11.3 Å². The van der Waals surface area contributed by atoms with Gasteiger partial charge in [0.1, 0.15) is 5.75 Å². The second-order valence-corrected chi connectivity index (χ2v) is 6.66. The molecular formula is C20H19N3O4S. The van der Waals surface area contributed by atoms with Crippen molar-refractivity contribution in [3.05, 3.63) is 59.7 Å². The van der Waals surface area contributed by atoms with Crippen LogP contribution in [0.4, 0.5) is 5.13 Å². The maximum atomic E-state index is 12.5. The number of thiazole rings is 1. The molecule has 1 unspecified atom stereocenters. The van der Waals surface area contributed by atoms with Crippen LogP contribution in [0.2, 0.25) is 0 Å². The van der Waals surface area contributed by atoms with Crippen LogP contribution in [0.5, 0.6) is 5.75 Å². The minimum Gasteiger partial charge on any atom is -0.497 e. The SMILES string of the molecule is CCC(OC(=O)c1cccnc1)C(=O)Nc1nc(-c2cccc(OC)c2)cs1. The molecule has 1 amide bonds. The van der Waals surface area contributed by atoms with Crippen molar-refractivity contribution in [1.29, 1.82) is 0 Å². The Morgan fingerprint density at radius 1 is 1.25 bits per heavy atom. The predicted molar refractivity (Wildman–Crippen MR) is 106 cm³/mol. The van der Waals surface area contributed by atoms with Crippen molar-refractivity contribution < 1.29 is 19.1 Å². The van der Waals surface area contributed by atoms with Crippen LogP contribution in [-0.4, -0.2) is 35.1 Å². The molecule has 0 aliphatic heterocycles. The first-order valence-electron chi connectivity index (χ1n) is 8.62. The van der Waals surface area contributed by atoms with Gasteiger partial charge in [0.15, 0.2) is 11.2 Å². The number of nitrogens with one attached hydrogen (secondary N) is 1. The lowest BCUT2D eigenvalue weighted by Gasteiger charge is -2.14. The Kier molecular flexibility index (Phi) is 6.33. The maximum absolute atomic E-state index is 12.5. The molecule has 7 nitrogen and oxygen atoms in total. The van der Waals surface area contributed by atoms with E-state index in [1.807, 2.05) is 29.6 Å². The molecular weight excluding hydrogens is 378 g/mol. The lowest BCUT2D eigenvalue weighted by molar-refractivity contribution is -0.124. The molecule has 0 fully saturated rings. The van der Waals surface area contributed by atoms with E-state index in [2.05, 4.69) is 15.3 Å². The van der Waals surface area contributed by atoms with Gasteiger partial charge >= 0.3 is 5.97 Å². The molecule has 2 heterocycles. The minimum atomic E-state index is -0.920. The summed E-state index contributed by atoms with van der Waals surface area (Å²) >= 11 is 1.29. The summed E-state index contributed by atoms with van der Waals surface area (Å²) in [6, 6.07) is 10.7. The molecule has 1 N–H and O–H groups in total. The van der Waals surface area contributed by atoms with E-state index in [1.54, 1.807) is 32.4 Å². The van der Waals surface area contributed by atoms with E-state index in [9.17, 15) is 9.59 Å².